The van der Waals surface area contributed by atoms with E-state index in [-0.39, 0.29) is 12.2 Å². The van der Waals surface area contributed by atoms with Crippen LogP contribution in [0, 0.1) is 0 Å². The van der Waals surface area contributed by atoms with Gasteiger partial charge in [0.25, 0.3) is 5.56 Å². The normalized spacial score (nSPS) is 10.3. The van der Waals surface area contributed by atoms with E-state index in [0.717, 1.165) is 0 Å². The number of ether oxygens (including phenoxy) is 2. The molecule has 0 atom stereocenters. The Morgan fingerprint density at radius 2 is 2.00 bits per heavy atom. The fraction of sp³-hybridized carbons (Fsp3) is 0.267. The highest BCUT2D eigenvalue weighted by atomic mass is 32.2. The second-order valence-corrected chi connectivity index (χ2v) is 4.99. The number of rotatable bonds is 5. The first-order valence-corrected chi connectivity index (χ1v) is 7.82. The van der Waals surface area contributed by atoms with E-state index >= 15 is 0 Å². The topological polar surface area (TPSA) is 70.4 Å². The molecule has 116 valence electrons. The van der Waals surface area contributed by atoms with E-state index in [1.165, 1.54) is 22.5 Å². The van der Waals surface area contributed by atoms with E-state index < -0.39 is 11.5 Å². The maximum Gasteiger partial charge on any atom is 0.345 e. The van der Waals surface area contributed by atoms with Gasteiger partial charge in [0.1, 0.15) is 11.3 Å². The van der Waals surface area contributed by atoms with Crippen LogP contribution in [0.15, 0.2) is 40.4 Å². The van der Waals surface area contributed by atoms with Crippen molar-refractivity contribution in [3.05, 3.63) is 46.4 Å². The van der Waals surface area contributed by atoms with Gasteiger partial charge in [-0.25, -0.2) is 9.78 Å². The Hall–Kier alpha value is -2.28. The molecular weight excluding hydrogens is 304 g/mol. The van der Waals surface area contributed by atoms with Crippen LogP contribution in [0.3, 0.4) is 0 Å². The van der Waals surface area contributed by atoms with Gasteiger partial charge < -0.3 is 9.47 Å². The average Bonchev–Trinajstić information content (AvgIpc) is 2.54. The number of carbonyl (C=O) groups excluding carboxylic acids is 1. The molecule has 0 aliphatic heterocycles. The summed E-state index contributed by atoms with van der Waals surface area (Å²) in [6.07, 6.45) is 3.07. The van der Waals surface area contributed by atoms with Gasteiger partial charge in [-0.2, -0.15) is 0 Å². The predicted octanol–water partition coefficient (Wildman–Crippen LogP) is 2.14. The highest BCUT2D eigenvalue weighted by Crippen LogP contribution is 2.18. The molecule has 0 spiro atoms. The fourth-order valence-electron chi connectivity index (χ4n) is 1.89. The minimum absolute atomic E-state index is 0.0875. The number of hydrogen-bond donors (Lipinski definition) is 0. The molecular formula is C15H16N2O4S. The molecule has 0 amide bonds. The lowest BCUT2D eigenvalue weighted by Gasteiger charge is -2.12. The van der Waals surface area contributed by atoms with Crippen LogP contribution >= 0.6 is 11.8 Å². The minimum Gasteiger partial charge on any atom is -0.497 e. The summed E-state index contributed by atoms with van der Waals surface area (Å²) in [5, 5.41) is 0.489. The Labute approximate surface area is 132 Å². The van der Waals surface area contributed by atoms with Crippen molar-refractivity contribution >= 4 is 17.7 Å². The van der Waals surface area contributed by atoms with Gasteiger partial charge in [-0.1, -0.05) is 11.8 Å². The molecule has 1 aromatic heterocycles. The molecule has 0 fully saturated rings. The van der Waals surface area contributed by atoms with E-state index in [4.69, 9.17) is 9.47 Å². The number of carbonyl (C=O) groups is 1. The van der Waals surface area contributed by atoms with Crippen molar-refractivity contribution < 1.29 is 14.3 Å². The molecule has 0 saturated heterocycles. The molecule has 2 aromatic rings. The Morgan fingerprint density at radius 1 is 1.32 bits per heavy atom. The molecule has 1 aromatic carbocycles. The zero-order valence-corrected chi connectivity index (χ0v) is 13.3. The first kappa shape index (κ1) is 16.1. The third kappa shape index (κ3) is 3.14. The van der Waals surface area contributed by atoms with Crippen molar-refractivity contribution in [2.45, 2.75) is 12.1 Å². The summed E-state index contributed by atoms with van der Waals surface area (Å²) in [6, 6.07) is 6.94. The standard InChI is InChI=1S/C15H16N2O4S/c1-4-21-14(19)12-9-16-15(22-3)17(13(12)18)10-5-7-11(20-2)8-6-10/h5-9H,4H2,1-3H3. The lowest BCUT2D eigenvalue weighted by molar-refractivity contribution is 0.0523. The lowest BCUT2D eigenvalue weighted by atomic mass is 10.3. The maximum absolute atomic E-state index is 12.6. The summed E-state index contributed by atoms with van der Waals surface area (Å²) in [7, 11) is 1.57. The van der Waals surface area contributed by atoms with Crippen molar-refractivity contribution in [2.75, 3.05) is 20.0 Å². The van der Waals surface area contributed by atoms with Crippen LogP contribution in [-0.2, 0) is 4.74 Å². The Bertz CT molecular complexity index is 725. The lowest BCUT2D eigenvalue weighted by Crippen LogP contribution is -2.28. The highest BCUT2D eigenvalue weighted by Gasteiger charge is 2.18. The van der Waals surface area contributed by atoms with Crippen LogP contribution in [-0.4, -0.2) is 35.5 Å². The van der Waals surface area contributed by atoms with Gasteiger partial charge in [0.05, 0.1) is 25.6 Å². The molecule has 7 heteroatoms. The van der Waals surface area contributed by atoms with Gasteiger partial charge in [0, 0.05) is 0 Å². The SMILES string of the molecule is CCOC(=O)c1cnc(SC)n(-c2ccc(OC)cc2)c1=O. The number of aromatic nitrogens is 2. The van der Waals surface area contributed by atoms with E-state index in [2.05, 4.69) is 4.98 Å². The second kappa shape index (κ2) is 7.13. The fourth-order valence-corrected chi connectivity index (χ4v) is 2.42. The van der Waals surface area contributed by atoms with Crippen molar-refractivity contribution in [1.29, 1.82) is 0 Å². The first-order chi connectivity index (χ1) is 10.6. The minimum atomic E-state index is -0.671. The Balaban J connectivity index is 2.58. The molecule has 0 N–H and O–H groups in total. The van der Waals surface area contributed by atoms with E-state index in [1.807, 2.05) is 6.26 Å². The summed E-state index contributed by atoms with van der Waals surface area (Å²) in [4.78, 5) is 28.6. The molecule has 2 rings (SSSR count). The molecule has 6 nitrogen and oxygen atoms in total. The molecule has 0 aliphatic rings. The molecule has 1 heterocycles. The monoisotopic (exact) mass is 320 g/mol. The quantitative estimate of drug-likeness (QED) is 0.477. The van der Waals surface area contributed by atoms with Crippen LogP contribution in [0.5, 0.6) is 5.75 Å². The van der Waals surface area contributed by atoms with Crippen LogP contribution < -0.4 is 10.3 Å². The van der Waals surface area contributed by atoms with Gasteiger partial charge >= 0.3 is 5.97 Å². The highest BCUT2D eigenvalue weighted by molar-refractivity contribution is 7.98. The van der Waals surface area contributed by atoms with Crippen LogP contribution in [0.4, 0.5) is 0 Å². The second-order valence-electron chi connectivity index (χ2n) is 4.22. The smallest absolute Gasteiger partial charge is 0.345 e. The van der Waals surface area contributed by atoms with Crippen molar-refractivity contribution in [1.82, 2.24) is 9.55 Å². The summed E-state index contributed by atoms with van der Waals surface area (Å²) in [6.45, 7) is 1.88. The summed E-state index contributed by atoms with van der Waals surface area (Å²) in [5.41, 5.74) is 0.0623. The van der Waals surface area contributed by atoms with Crippen LogP contribution in [0.1, 0.15) is 17.3 Å². The predicted molar refractivity (Wildman–Crippen MR) is 84.1 cm³/mol. The zero-order valence-electron chi connectivity index (χ0n) is 12.5. The van der Waals surface area contributed by atoms with Gasteiger partial charge in [-0.15, -0.1) is 0 Å². The summed E-state index contributed by atoms with van der Waals surface area (Å²) < 4.78 is 11.4. The Morgan fingerprint density at radius 3 is 2.55 bits per heavy atom. The van der Waals surface area contributed by atoms with Crippen molar-refractivity contribution in [2.24, 2.45) is 0 Å². The average molecular weight is 320 g/mol. The molecule has 22 heavy (non-hydrogen) atoms. The van der Waals surface area contributed by atoms with E-state index in [0.29, 0.717) is 16.6 Å². The van der Waals surface area contributed by atoms with Crippen LogP contribution in [0.25, 0.3) is 5.69 Å². The maximum atomic E-state index is 12.6. The van der Waals surface area contributed by atoms with E-state index in [9.17, 15) is 9.59 Å². The Kier molecular flexibility index (Phi) is 5.21. The van der Waals surface area contributed by atoms with Gasteiger partial charge in [-0.3, -0.25) is 9.36 Å². The number of esters is 1. The first-order valence-electron chi connectivity index (χ1n) is 6.60. The number of methoxy groups -OCH3 is 1. The molecule has 0 radical (unpaired) electrons. The van der Waals surface area contributed by atoms with Gasteiger partial charge in [0.15, 0.2) is 5.16 Å². The van der Waals surface area contributed by atoms with Crippen molar-refractivity contribution in [3.63, 3.8) is 0 Å². The summed E-state index contributed by atoms with van der Waals surface area (Å²) >= 11 is 1.32. The number of nitrogens with zero attached hydrogens (tertiary/aromatic N) is 2. The van der Waals surface area contributed by atoms with Gasteiger partial charge in [-0.05, 0) is 37.4 Å². The van der Waals surface area contributed by atoms with Crippen LogP contribution in [0.2, 0.25) is 0 Å². The molecule has 0 unspecified atom stereocenters. The largest absolute Gasteiger partial charge is 0.497 e. The number of hydrogen-bond acceptors (Lipinski definition) is 6. The number of benzene rings is 1. The molecule has 0 aliphatic carbocycles. The number of thioether (sulfide) groups is 1. The molecule has 0 saturated carbocycles. The van der Waals surface area contributed by atoms with Crippen molar-refractivity contribution in [3.8, 4) is 11.4 Å². The zero-order chi connectivity index (χ0) is 16.1. The van der Waals surface area contributed by atoms with Gasteiger partial charge in [0.2, 0.25) is 0 Å². The molecule has 0 bridgehead atoms. The third-order valence-corrected chi connectivity index (χ3v) is 3.59. The summed E-state index contributed by atoms with van der Waals surface area (Å²) in [5.74, 6) is 0.00641. The third-order valence-electron chi connectivity index (χ3n) is 2.94. The van der Waals surface area contributed by atoms with E-state index in [1.54, 1.807) is 38.3 Å².